The molecule has 0 atom stereocenters. The maximum Gasteiger partial charge on any atom is 0.197 e. The second-order valence-corrected chi connectivity index (χ2v) is 13.6. The van der Waals surface area contributed by atoms with Crippen LogP contribution in [0.4, 0.5) is 0 Å². The van der Waals surface area contributed by atoms with E-state index in [4.69, 9.17) is 0 Å². The normalized spacial score (nSPS) is 12.2. The molecule has 6 nitrogen and oxygen atoms in total. The van der Waals surface area contributed by atoms with Crippen LogP contribution in [0.5, 0.6) is 0 Å². The predicted molar refractivity (Wildman–Crippen MR) is 212 cm³/mol. The highest BCUT2D eigenvalue weighted by Crippen LogP contribution is 2.36. The number of ketones is 1. The number of pyridine rings is 2. The zero-order valence-corrected chi connectivity index (χ0v) is 27.9. The first-order chi connectivity index (χ1) is 25.5. The number of benzene rings is 7. The predicted octanol–water partition coefficient (Wildman–Crippen LogP) is 9.95. The lowest BCUT2D eigenvalue weighted by Gasteiger charge is -2.17. The molecular weight excluding hydrogens is 643 g/mol. The van der Waals surface area contributed by atoms with Gasteiger partial charge in [0.1, 0.15) is 0 Å². The van der Waals surface area contributed by atoms with Gasteiger partial charge >= 0.3 is 0 Å². The summed E-state index contributed by atoms with van der Waals surface area (Å²) in [5.74, 6) is -0.208. The SMILES string of the molecule is CC(=O)c1cc2c(=O)c3cc(-n4c5ccccc5c5ccccc54)ccc3n3c4ccc(-n5c6ccccc6c6ccccc65)cc4c(=O)c(c1)c23. The summed E-state index contributed by atoms with van der Waals surface area (Å²) in [7, 11) is 0. The number of para-hydroxylation sites is 4. The van der Waals surface area contributed by atoms with E-state index in [1.165, 1.54) is 6.92 Å². The number of carbonyl (C=O) groups excluding carboxylic acids is 1. The van der Waals surface area contributed by atoms with E-state index in [9.17, 15) is 14.4 Å². The second-order valence-electron chi connectivity index (χ2n) is 13.6. The molecule has 0 unspecified atom stereocenters. The molecule has 0 aliphatic carbocycles. The molecule has 0 radical (unpaired) electrons. The fourth-order valence-corrected chi connectivity index (χ4v) is 8.57. The van der Waals surface area contributed by atoms with E-state index in [1.54, 1.807) is 12.1 Å². The molecule has 0 amide bonds. The summed E-state index contributed by atoms with van der Waals surface area (Å²) in [6, 6.07) is 48.4. The Balaban J connectivity index is 1.27. The molecule has 0 N–H and O–H groups in total. The third-order valence-corrected chi connectivity index (χ3v) is 10.8. The summed E-state index contributed by atoms with van der Waals surface area (Å²) in [5.41, 5.74) is 7.68. The number of carbonyl (C=O) groups is 1. The van der Waals surface area contributed by atoms with Crippen molar-refractivity contribution >= 4 is 87.5 Å². The summed E-state index contributed by atoms with van der Waals surface area (Å²) in [6.07, 6.45) is 0. The third-order valence-electron chi connectivity index (χ3n) is 10.8. The zero-order valence-electron chi connectivity index (χ0n) is 27.9. The Kier molecular flexibility index (Phi) is 5.67. The molecule has 0 aliphatic heterocycles. The van der Waals surface area contributed by atoms with E-state index in [0.29, 0.717) is 43.7 Å². The lowest BCUT2D eigenvalue weighted by atomic mass is 9.98. The van der Waals surface area contributed by atoms with Crippen molar-refractivity contribution < 1.29 is 4.79 Å². The second kappa shape index (κ2) is 10.2. The van der Waals surface area contributed by atoms with Gasteiger partial charge in [-0.1, -0.05) is 72.8 Å². The molecule has 0 fully saturated rings. The van der Waals surface area contributed by atoms with Crippen molar-refractivity contribution in [1.29, 1.82) is 0 Å². The highest BCUT2D eigenvalue weighted by molar-refractivity contribution is 6.13. The van der Waals surface area contributed by atoms with Gasteiger partial charge in [-0.15, -0.1) is 0 Å². The van der Waals surface area contributed by atoms with Gasteiger partial charge in [0.05, 0.1) is 38.6 Å². The Bertz CT molecular complexity index is 3170. The summed E-state index contributed by atoms with van der Waals surface area (Å²) in [5, 5.41) is 6.23. The number of hydrogen-bond acceptors (Lipinski definition) is 3. The van der Waals surface area contributed by atoms with E-state index in [-0.39, 0.29) is 16.6 Å². The quantitative estimate of drug-likeness (QED) is 0.107. The van der Waals surface area contributed by atoms with Crippen LogP contribution in [0, 0.1) is 0 Å². The molecule has 244 valence electrons. The average molecular weight is 670 g/mol. The van der Waals surface area contributed by atoms with Gasteiger partial charge < -0.3 is 13.5 Å². The van der Waals surface area contributed by atoms with Crippen molar-refractivity contribution in [3.63, 3.8) is 0 Å². The number of Topliss-reactive ketones (excluding diaryl/α,β-unsaturated/α-hetero) is 1. The lowest BCUT2D eigenvalue weighted by Crippen LogP contribution is -2.16. The van der Waals surface area contributed by atoms with E-state index in [0.717, 1.165) is 55.0 Å². The number of hydrogen-bond donors (Lipinski definition) is 0. The minimum Gasteiger partial charge on any atom is -0.309 e. The lowest BCUT2D eigenvalue weighted by molar-refractivity contribution is 0.101. The van der Waals surface area contributed by atoms with Gasteiger partial charge in [0.15, 0.2) is 16.6 Å². The van der Waals surface area contributed by atoms with E-state index in [1.807, 2.05) is 89.3 Å². The van der Waals surface area contributed by atoms with Crippen molar-refractivity contribution in [2.45, 2.75) is 6.92 Å². The fraction of sp³-hybridized carbons (Fsp3) is 0.0217. The van der Waals surface area contributed by atoms with Crippen LogP contribution >= 0.6 is 0 Å². The van der Waals surface area contributed by atoms with Crippen LogP contribution in [0.25, 0.3) is 93.1 Å². The number of nitrogens with zero attached hydrogens (tertiary/aromatic N) is 3. The zero-order chi connectivity index (χ0) is 34.8. The fourth-order valence-electron chi connectivity index (χ4n) is 8.57. The van der Waals surface area contributed by atoms with E-state index < -0.39 is 0 Å². The van der Waals surface area contributed by atoms with Crippen molar-refractivity contribution in [3.05, 3.63) is 172 Å². The number of aromatic nitrogens is 3. The molecule has 11 rings (SSSR count). The first-order valence-corrected chi connectivity index (χ1v) is 17.3. The molecular formula is C46H27N3O3. The minimum absolute atomic E-state index is 0.208. The molecule has 0 spiro atoms. The maximum atomic E-state index is 14.6. The van der Waals surface area contributed by atoms with Crippen LogP contribution < -0.4 is 10.9 Å². The molecule has 4 aromatic heterocycles. The van der Waals surface area contributed by atoms with Crippen molar-refractivity contribution in [2.75, 3.05) is 0 Å². The summed E-state index contributed by atoms with van der Waals surface area (Å²) >= 11 is 0. The van der Waals surface area contributed by atoms with Crippen LogP contribution in [0.2, 0.25) is 0 Å². The summed E-state index contributed by atoms with van der Waals surface area (Å²) in [6.45, 7) is 1.47. The van der Waals surface area contributed by atoms with Crippen LogP contribution in [0.1, 0.15) is 17.3 Å². The average Bonchev–Trinajstić information content (AvgIpc) is 3.70. The van der Waals surface area contributed by atoms with Crippen LogP contribution in [-0.4, -0.2) is 19.3 Å². The standard InChI is InChI=1S/C46H27N3O3/c1-26(50)27-22-36-44-37(23-27)46(52)35-25-29(48-40-16-8-4-12-32(40)33-13-5-9-17-41(33)48)19-21-43(35)49(44)42-20-18-28(24-34(42)45(36)51)47-38-14-6-2-10-30(38)31-11-3-7-15-39(31)47/h2-25H,1H3. The topological polar surface area (TPSA) is 65.5 Å². The highest BCUT2D eigenvalue weighted by atomic mass is 16.1. The van der Waals surface area contributed by atoms with Gasteiger partial charge in [0.2, 0.25) is 0 Å². The van der Waals surface area contributed by atoms with E-state index in [2.05, 4.69) is 57.7 Å². The summed E-state index contributed by atoms with van der Waals surface area (Å²) in [4.78, 5) is 42.0. The first-order valence-electron chi connectivity index (χ1n) is 17.3. The van der Waals surface area contributed by atoms with Crippen molar-refractivity contribution in [3.8, 4) is 11.4 Å². The molecule has 52 heavy (non-hydrogen) atoms. The van der Waals surface area contributed by atoms with Gasteiger partial charge in [0.25, 0.3) is 0 Å². The number of rotatable bonds is 3. The Morgan fingerprint density at radius 3 is 1.13 bits per heavy atom. The Morgan fingerprint density at radius 1 is 0.404 bits per heavy atom. The van der Waals surface area contributed by atoms with Crippen molar-refractivity contribution in [2.24, 2.45) is 0 Å². The molecule has 0 saturated carbocycles. The van der Waals surface area contributed by atoms with Crippen LogP contribution in [-0.2, 0) is 0 Å². The first kappa shape index (κ1) is 28.8. The van der Waals surface area contributed by atoms with Crippen LogP contribution in [0.15, 0.2) is 155 Å². The van der Waals surface area contributed by atoms with E-state index >= 15 is 0 Å². The van der Waals surface area contributed by atoms with Gasteiger partial charge in [-0.05, 0) is 79.7 Å². The molecule has 4 heterocycles. The molecule has 0 aliphatic rings. The molecule has 0 saturated heterocycles. The molecule has 6 heteroatoms. The third kappa shape index (κ3) is 3.70. The van der Waals surface area contributed by atoms with Gasteiger partial charge in [-0.3, -0.25) is 14.4 Å². The minimum atomic E-state index is -0.216. The molecule has 7 aromatic carbocycles. The highest BCUT2D eigenvalue weighted by Gasteiger charge is 2.22. The molecule has 11 aromatic rings. The largest absolute Gasteiger partial charge is 0.309 e. The maximum absolute atomic E-state index is 14.6. The Labute approximate surface area is 294 Å². The van der Waals surface area contributed by atoms with Gasteiger partial charge in [-0.2, -0.15) is 0 Å². The van der Waals surface area contributed by atoms with Gasteiger partial charge in [0, 0.05) is 60.0 Å². The molecule has 0 bridgehead atoms. The number of fused-ring (bicyclic) bond motifs is 10. The van der Waals surface area contributed by atoms with Crippen LogP contribution in [0.3, 0.4) is 0 Å². The van der Waals surface area contributed by atoms with Crippen molar-refractivity contribution in [1.82, 2.24) is 13.5 Å². The smallest absolute Gasteiger partial charge is 0.197 e. The summed E-state index contributed by atoms with van der Waals surface area (Å²) < 4.78 is 6.42. The Hall–Kier alpha value is -7.05. The Morgan fingerprint density at radius 2 is 0.769 bits per heavy atom. The van der Waals surface area contributed by atoms with Gasteiger partial charge in [-0.25, -0.2) is 0 Å². The monoisotopic (exact) mass is 669 g/mol.